The number of rotatable bonds is 4. The number of ether oxygens (including phenoxy) is 1. The average Bonchev–Trinajstić information content (AvgIpc) is 2.41. The number of halogens is 1. The van der Waals surface area contributed by atoms with Crippen molar-refractivity contribution in [3.63, 3.8) is 0 Å². The Hall–Kier alpha value is -1.49. The van der Waals surface area contributed by atoms with E-state index in [9.17, 15) is 0 Å². The summed E-state index contributed by atoms with van der Waals surface area (Å²) in [7, 11) is 0. The highest BCUT2D eigenvalue weighted by Gasteiger charge is 2.07. The number of aryl methyl sites for hydroxylation is 2. The van der Waals surface area contributed by atoms with E-state index in [0.717, 1.165) is 28.7 Å². The maximum absolute atomic E-state index is 5.57. The van der Waals surface area contributed by atoms with Gasteiger partial charge in [-0.1, -0.05) is 34.9 Å². The summed E-state index contributed by atoms with van der Waals surface area (Å²) < 4.78 is 6.57. The van der Waals surface area contributed by atoms with E-state index in [1.54, 1.807) is 0 Å². The molecule has 0 radical (unpaired) electrons. The first-order valence-corrected chi connectivity index (χ1v) is 6.68. The van der Waals surface area contributed by atoms with E-state index in [4.69, 9.17) is 4.74 Å². The lowest BCUT2D eigenvalue weighted by atomic mass is 10.2. The SMILES string of the molecule is CCc1nnc(Oc2ccc(Br)cc2)nc1CC. The van der Waals surface area contributed by atoms with Crippen molar-refractivity contribution in [3.05, 3.63) is 40.1 Å². The Kier molecular flexibility index (Phi) is 4.25. The smallest absolute Gasteiger partial charge is 0.341 e. The van der Waals surface area contributed by atoms with Gasteiger partial charge in [0.25, 0.3) is 0 Å². The molecule has 1 aromatic carbocycles. The lowest BCUT2D eigenvalue weighted by molar-refractivity contribution is 0.428. The van der Waals surface area contributed by atoms with Crippen LogP contribution in [0, 0.1) is 0 Å². The zero-order chi connectivity index (χ0) is 13.0. The third-order valence-electron chi connectivity index (χ3n) is 2.51. The van der Waals surface area contributed by atoms with Gasteiger partial charge in [-0.05, 0) is 37.1 Å². The molecular weight excluding hydrogens is 294 g/mol. The minimum Gasteiger partial charge on any atom is -0.423 e. The van der Waals surface area contributed by atoms with E-state index in [-0.39, 0.29) is 0 Å². The third kappa shape index (κ3) is 3.04. The second-order valence-corrected chi connectivity index (χ2v) is 4.67. The zero-order valence-electron chi connectivity index (χ0n) is 10.4. The van der Waals surface area contributed by atoms with E-state index in [1.807, 2.05) is 38.1 Å². The average molecular weight is 308 g/mol. The molecule has 0 bridgehead atoms. The predicted octanol–water partition coefficient (Wildman–Crippen LogP) is 3.55. The molecule has 5 heteroatoms. The Morgan fingerprint density at radius 2 is 1.67 bits per heavy atom. The van der Waals surface area contributed by atoms with E-state index in [0.29, 0.717) is 11.8 Å². The molecule has 18 heavy (non-hydrogen) atoms. The van der Waals surface area contributed by atoms with Gasteiger partial charge in [-0.2, -0.15) is 4.98 Å². The molecular formula is C13H14BrN3O. The molecule has 1 heterocycles. The number of nitrogens with zero attached hydrogens (tertiary/aromatic N) is 3. The zero-order valence-corrected chi connectivity index (χ0v) is 11.9. The quantitative estimate of drug-likeness (QED) is 0.866. The molecule has 0 spiro atoms. The summed E-state index contributed by atoms with van der Waals surface area (Å²) in [6.45, 7) is 4.09. The highest BCUT2D eigenvalue weighted by molar-refractivity contribution is 9.10. The Bertz CT molecular complexity index is 528. The lowest BCUT2D eigenvalue weighted by Gasteiger charge is -2.06. The van der Waals surface area contributed by atoms with Crippen molar-refractivity contribution < 1.29 is 4.74 Å². The normalized spacial score (nSPS) is 10.4. The number of hydrogen-bond acceptors (Lipinski definition) is 4. The Labute approximate surface area is 115 Å². The molecule has 0 aliphatic heterocycles. The molecule has 0 aliphatic rings. The van der Waals surface area contributed by atoms with Crippen LogP contribution in [-0.4, -0.2) is 15.2 Å². The summed E-state index contributed by atoms with van der Waals surface area (Å²) in [6.07, 6.45) is 1.66. The van der Waals surface area contributed by atoms with Crippen molar-refractivity contribution >= 4 is 15.9 Å². The molecule has 0 saturated heterocycles. The molecule has 1 aromatic heterocycles. The van der Waals surface area contributed by atoms with Crippen molar-refractivity contribution in [2.24, 2.45) is 0 Å². The monoisotopic (exact) mass is 307 g/mol. The molecule has 2 rings (SSSR count). The summed E-state index contributed by atoms with van der Waals surface area (Å²) >= 11 is 3.37. The minimum absolute atomic E-state index is 0.298. The molecule has 0 atom stereocenters. The largest absolute Gasteiger partial charge is 0.423 e. The summed E-state index contributed by atoms with van der Waals surface area (Å²) in [5.41, 5.74) is 1.88. The first-order chi connectivity index (χ1) is 8.72. The van der Waals surface area contributed by atoms with Crippen LogP contribution in [-0.2, 0) is 12.8 Å². The van der Waals surface area contributed by atoms with Crippen LogP contribution < -0.4 is 4.74 Å². The van der Waals surface area contributed by atoms with Crippen molar-refractivity contribution in [1.29, 1.82) is 0 Å². The second-order valence-electron chi connectivity index (χ2n) is 3.75. The summed E-state index contributed by atoms with van der Waals surface area (Å²) in [5, 5.41) is 8.12. The highest BCUT2D eigenvalue weighted by Crippen LogP contribution is 2.20. The van der Waals surface area contributed by atoms with Crippen LogP contribution in [0.1, 0.15) is 25.2 Å². The molecule has 94 valence electrons. The van der Waals surface area contributed by atoms with Gasteiger partial charge in [-0.3, -0.25) is 0 Å². The van der Waals surface area contributed by atoms with Gasteiger partial charge in [0.2, 0.25) is 0 Å². The minimum atomic E-state index is 0.298. The van der Waals surface area contributed by atoms with Gasteiger partial charge >= 0.3 is 6.01 Å². The molecule has 0 N–H and O–H groups in total. The first kappa shape index (κ1) is 13.0. The number of benzene rings is 1. The summed E-state index contributed by atoms with van der Waals surface area (Å²) in [4.78, 5) is 4.37. The predicted molar refractivity (Wildman–Crippen MR) is 72.8 cm³/mol. The lowest BCUT2D eigenvalue weighted by Crippen LogP contribution is -2.04. The molecule has 0 saturated carbocycles. The Morgan fingerprint density at radius 3 is 2.28 bits per heavy atom. The molecule has 4 nitrogen and oxygen atoms in total. The second kappa shape index (κ2) is 5.91. The van der Waals surface area contributed by atoms with Crippen molar-refractivity contribution in [2.75, 3.05) is 0 Å². The van der Waals surface area contributed by atoms with Gasteiger partial charge in [0.1, 0.15) is 5.75 Å². The van der Waals surface area contributed by atoms with Gasteiger partial charge < -0.3 is 4.74 Å². The molecule has 0 aliphatic carbocycles. The fourth-order valence-electron chi connectivity index (χ4n) is 1.57. The van der Waals surface area contributed by atoms with E-state index in [1.165, 1.54) is 0 Å². The van der Waals surface area contributed by atoms with Gasteiger partial charge in [-0.25, -0.2) is 0 Å². The van der Waals surface area contributed by atoms with Crippen LogP contribution in [0.3, 0.4) is 0 Å². The van der Waals surface area contributed by atoms with Crippen LogP contribution in [0.4, 0.5) is 0 Å². The summed E-state index contributed by atoms with van der Waals surface area (Å²) in [5.74, 6) is 0.700. The van der Waals surface area contributed by atoms with Crippen molar-refractivity contribution in [3.8, 4) is 11.8 Å². The van der Waals surface area contributed by atoms with E-state index >= 15 is 0 Å². The van der Waals surface area contributed by atoms with E-state index in [2.05, 4.69) is 31.1 Å². The first-order valence-electron chi connectivity index (χ1n) is 5.88. The highest BCUT2D eigenvalue weighted by atomic mass is 79.9. The van der Waals surface area contributed by atoms with Gasteiger partial charge in [-0.15, -0.1) is 5.10 Å². The van der Waals surface area contributed by atoms with Gasteiger partial charge in [0, 0.05) is 4.47 Å². The molecule has 2 aromatic rings. The maximum Gasteiger partial charge on any atom is 0.341 e. The van der Waals surface area contributed by atoms with Crippen LogP contribution >= 0.6 is 15.9 Å². The van der Waals surface area contributed by atoms with Crippen LogP contribution in [0.2, 0.25) is 0 Å². The van der Waals surface area contributed by atoms with Crippen LogP contribution in [0.5, 0.6) is 11.8 Å². The van der Waals surface area contributed by atoms with Gasteiger partial charge in [0.15, 0.2) is 0 Å². The maximum atomic E-state index is 5.57. The fourth-order valence-corrected chi connectivity index (χ4v) is 1.84. The van der Waals surface area contributed by atoms with Crippen molar-refractivity contribution in [1.82, 2.24) is 15.2 Å². The molecule has 0 unspecified atom stereocenters. The number of aromatic nitrogens is 3. The molecule has 0 fully saturated rings. The molecule has 0 amide bonds. The Morgan fingerprint density at radius 1 is 1.00 bits per heavy atom. The number of hydrogen-bond donors (Lipinski definition) is 0. The van der Waals surface area contributed by atoms with E-state index < -0.39 is 0 Å². The topological polar surface area (TPSA) is 47.9 Å². The standard InChI is InChI=1S/C13H14BrN3O/c1-3-11-12(4-2)16-17-13(15-11)18-10-7-5-9(14)6-8-10/h5-8H,3-4H2,1-2H3. The van der Waals surface area contributed by atoms with Crippen LogP contribution in [0.25, 0.3) is 0 Å². The van der Waals surface area contributed by atoms with Crippen LogP contribution in [0.15, 0.2) is 28.7 Å². The third-order valence-corrected chi connectivity index (χ3v) is 3.04. The van der Waals surface area contributed by atoms with Gasteiger partial charge in [0.05, 0.1) is 11.4 Å². The van der Waals surface area contributed by atoms with Crippen molar-refractivity contribution in [2.45, 2.75) is 26.7 Å². The summed E-state index contributed by atoms with van der Waals surface area (Å²) in [6, 6.07) is 7.82. The Balaban J connectivity index is 2.21. The fraction of sp³-hybridized carbons (Fsp3) is 0.308.